The van der Waals surface area contributed by atoms with Crippen molar-refractivity contribution in [2.75, 3.05) is 46.3 Å². The molecule has 0 aromatic heterocycles. The van der Waals surface area contributed by atoms with Gasteiger partial charge in [-0.05, 0) is 19.3 Å². The topological polar surface area (TPSA) is 51.8 Å². The Bertz CT molecular complexity index is 77.2. The van der Waals surface area contributed by atoms with Crippen molar-refractivity contribution in [3.8, 4) is 0 Å². The highest BCUT2D eigenvalue weighted by Gasteiger charge is 1.94. The van der Waals surface area contributed by atoms with Crippen molar-refractivity contribution in [1.29, 1.82) is 0 Å². The van der Waals surface area contributed by atoms with E-state index in [0.717, 1.165) is 39.0 Å². The van der Waals surface area contributed by atoms with Crippen molar-refractivity contribution >= 4 is 0 Å². The summed E-state index contributed by atoms with van der Waals surface area (Å²) in [5, 5.41) is 0. The number of nitrogens with one attached hydrogen (secondary N) is 2. The maximum atomic E-state index is 5.41. The normalized spacial score (nSPS) is 24.0. The molecule has 0 spiro atoms. The molecule has 1 aliphatic rings. The van der Waals surface area contributed by atoms with Crippen LogP contribution < -0.4 is 10.9 Å². The minimum atomic E-state index is 0.552. The van der Waals surface area contributed by atoms with Crippen LogP contribution in [-0.4, -0.2) is 46.3 Å². The fraction of sp³-hybridized carbons (Fsp3) is 1.00. The molecule has 0 amide bonds. The van der Waals surface area contributed by atoms with Crippen molar-refractivity contribution in [2.24, 2.45) is 0 Å². The van der Waals surface area contributed by atoms with E-state index in [1.165, 1.54) is 0 Å². The lowest BCUT2D eigenvalue weighted by atomic mass is 10.2. The first-order chi connectivity index (χ1) is 7.50. The van der Waals surface area contributed by atoms with Gasteiger partial charge in [0.2, 0.25) is 0 Å². The van der Waals surface area contributed by atoms with Gasteiger partial charge >= 0.3 is 0 Å². The number of hydrazine groups is 1. The average Bonchev–Trinajstić information content (AvgIpc) is 2.27. The summed E-state index contributed by atoms with van der Waals surface area (Å²) in [7, 11) is 0. The SMILES string of the molecule is C1CCOCCOCCNNCOCC1. The highest BCUT2D eigenvalue weighted by atomic mass is 16.5. The molecule has 15 heavy (non-hydrogen) atoms. The van der Waals surface area contributed by atoms with Crippen LogP contribution in [0.4, 0.5) is 0 Å². The number of rotatable bonds is 0. The van der Waals surface area contributed by atoms with Gasteiger partial charge in [-0.1, -0.05) is 0 Å². The summed E-state index contributed by atoms with van der Waals surface area (Å²) >= 11 is 0. The van der Waals surface area contributed by atoms with E-state index in [4.69, 9.17) is 14.2 Å². The zero-order valence-electron chi connectivity index (χ0n) is 9.30. The van der Waals surface area contributed by atoms with Crippen molar-refractivity contribution in [1.82, 2.24) is 10.9 Å². The van der Waals surface area contributed by atoms with E-state index in [1.54, 1.807) is 0 Å². The predicted molar refractivity (Wildman–Crippen MR) is 57.4 cm³/mol. The zero-order chi connectivity index (χ0) is 10.6. The van der Waals surface area contributed by atoms with Crippen molar-refractivity contribution < 1.29 is 14.2 Å². The van der Waals surface area contributed by atoms with Crippen LogP contribution in [0, 0.1) is 0 Å². The van der Waals surface area contributed by atoms with Gasteiger partial charge in [0.15, 0.2) is 0 Å². The maximum Gasteiger partial charge on any atom is 0.109 e. The molecule has 0 bridgehead atoms. The Hall–Kier alpha value is -0.200. The largest absolute Gasteiger partial charge is 0.379 e. The molecule has 5 heteroatoms. The standard InChI is InChI=1S/C10H22N2O3/c1-2-5-13-8-9-14-7-4-11-12-10-15-6-3-1/h11-12H,1-10H2. The fourth-order valence-electron chi connectivity index (χ4n) is 1.29. The monoisotopic (exact) mass is 218 g/mol. The zero-order valence-corrected chi connectivity index (χ0v) is 9.30. The fourth-order valence-corrected chi connectivity index (χ4v) is 1.29. The van der Waals surface area contributed by atoms with Crippen molar-refractivity contribution in [3.05, 3.63) is 0 Å². The molecule has 1 saturated heterocycles. The van der Waals surface area contributed by atoms with Crippen LogP contribution in [0.15, 0.2) is 0 Å². The second-order valence-electron chi connectivity index (χ2n) is 3.44. The van der Waals surface area contributed by atoms with Gasteiger partial charge in [0, 0.05) is 19.8 Å². The van der Waals surface area contributed by atoms with Gasteiger partial charge in [0.05, 0.1) is 19.8 Å². The molecule has 0 aliphatic carbocycles. The van der Waals surface area contributed by atoms with Crippen LogP contribution in [0.3, 0.4) is 0 Å². The van der Waals surface area contributed by atoms with Crippen LogP contribution in [0.2, 0.25) is 0 Å². The molecule has 5 nitrogen and oxygen atoms in total. The van der Waals surface area contributed by atoms with E-state index in [0.29, 0.717) is 26.6 Å². The maximum absolute atomic E-state index is 5.41. The minimum Gasteiger partial charge on any atom is -0.379 e. The minimum absolute atomic E-state index is 0.552. The summed E-state index contributed by atoms with van der Waals surface area (Å²) in [6.07, 6.45) is 3.37. The first kappa shape index (κ1) is 12.9. The van der Waals surface area contributed by atoms with Gasteiger partial charge in [-0.3, -0.25) is 5.43 Å². The van der Waals surface area contributed by atoms with E-state index < -0.39 is 0 Å². The lowest BCUT2D eigenvalue weighted by molar-refractivity contribution is 0.0467. The van der Waals surface area contributed by atoms with E-state index in [1.807, 2.05) is 0 Å². The van der Waals surface area contributed by atoms with Crippen LogP contribution in [0.5, 0.6) is 0 Å². The predicted octanol–water partition coefficient (Wildman–Crippen LogP) is 0.272. The Morgan fingerprint density at radius 2 is 1.33 bits per heavy atom. The summed E-state index contributed by atoms with van der Waals surface area (Å²) in [6.45, 7) is 5.05. The molecule has 0 atom stereocenters. The van der Waals surface area contributed by atoms with Gasteiger partial charge in [-0.25, -0.2) is 5.43 Å². The third-order valence-corrected chi connectivity index (χ3v) is 2.12. The second-order valence-corrected chi connectivity index (χ2v) is 3.44. The Morgan fingerprint density at radius 1 is 0.600 bits per heavy atom. The van der Waals surface area contributed by atoms with E-state index in [-0.39, 0.29) is 0 Å². The third-order valence-electron chi connectivity index (χ3n) is 2.12. The molecule has 0 aromatic rings. The summed E-state index contributed by atoms with van der Waals surface area (Å²) < 4.78 is 16.1. The van der Waals surface area contributed by atoms with Crippen LogP contribution in [-0.2, 0) is 14.2 Å². The summed E-state index contributed by atoms with van der Waals surface area (Å²) in [5.74, 6) is 0. The van der Waals surface area contributed by atoms with Gasteiger partial charge in [-0.15, -0.1) is 0 Å². The quantitative estimate of drug-likeness (QED) is 0.611. The first-order valence-corrected chi connectivity index (χ1v) is 5.69. The molecule has 1 rings (SSSR count). The number of hydrogen-bond donors (Lipinski definition) is 2. The average molecular weight is 218 g/mol. The molecule has 0 saturated carbocycles. The Morgan fingerprint density at radius 3 is 2.20 bits per heavy atom. The molecule has 1 heterocycles. The number of hydrogen-bond acceptors (Lipinski definition) is 5. The molecule has 0 aromatic carbocycles. The van der Waals surface area contributed by atoms with Crippen LogP contribution >= 0.6 is 0 Å². The first-order valence-electron chi connectivity index (χ1n) is 5.69. The summed E-state index contributed by atoms with van der Waals surface area (Å²) in [6, 6.07) is 0. The van der Waals surface area contributed by atoms with Gasteiger partial charge < -0.3 is 14.2 Å². The third kappa shape index (κ3) is 8.77. The summed E-state index contributed by atoms with van der Waals surface area (Å²) in [4.78, 5) is 0. The Balaban J connectivity index is 2.01. The summed E-state index contributed by atoms with van der Waals surface area (Å²) in [5.41, 5.74) is 5.99. The highest BCUT2D eigenvalue weighted by Crippen LogP contribution is 1.96. The Labute approximate surface area is 91.4 Å². The molecular weight excluding hydrogens is 196 g/mol. The molecule has 0 unspecified atom stereocenters. The molecule has 1 aliphatic heterocycles. The van der Waals surface area contributed by atoms with Gasteiger partial charge in [-0.2, -0.15) is 0 Å². The number of ether oxygens (including phenoxy) is 3. The van der Waals surface area contributed by atoms with Gasteiger partial charge in [0.1, 0.15) is 6.73 Å². The highest BCUT2D eigenvalue weighted by molar-refractivity contribution is 4.43. The lowest BCUT2D eigenvalue weighted by Gasteiger charge is -2.07. The molecule has 1 fully saturated rings. The van der Waals surface area contributed by atoms with Crippen molar-refractivity contribution in [2.45, 2.75) is 19.3 Å². The molecular formula is C10H22N2O3. The van der Waals surface area contributed by atoms with E-state index >= 15 is 0 Å². The Kier molecular flexibility index (Phi) is 8.85. The smallest absolute Gasteiger partial charge is 0.109 e. The lowest BCUT2D eigenvalue weighted by Crippen LogP contribution is -2.36. The molecule has 2 N–H and O–H groups in total. The van der Waals surface area contributed by atoms with Crippen molar-refractivity contribution in [3.63, 3.8) is 0 Å². The van der Waals surface area contributed by atoms with E-state index in [9.17, 15) is 0 Å². The van der Waals surface area contributed by atoms with Crippen LogP contribution in [0.25, 0.3) is 0 Å². The second kappa shape index (κ2) is 10.3. The van der Waals surface area contributed by atoms with E-state index in [2.05, 4.69) is 10.9 Å². The van der Waals surface area contributed by atoms with Crippen LogP contribution in [0.1, 0.15) is 19.3 Å². The molecule has 0 radical (unpaired) electrons. The molecule has 90 valence electrons. The van der Waals surface area contributed by atoms with Gasteiger partial charge in [0.25, 0.3) is 0 Å².